The molecule has 2 unspecified atom stereocenters. The van der Waals surface area contributed by atoms with Gasteiger partial charge in [-0.2, -0.15) is 8.42 Å². The molecule has 0 bridgehead atoms. The maximum Gasteiger partial charge on any atom is 0.302 e. The summed E-state index contributed by atoms with van der Waals surface area (Å²) in [5.74, 6) is -1.19. The molecular formula is C10H13FN2O3S2. The minimum absolute atomic E-state index is 0.0822. The largest absolute Gasteiger partial charge is 0.333 e. The van der Waals surface area contributed by atoms with Crippen LogP contribution in [-0.2, 0) is 15.0 Å². The first-order valence-corrected chi connectivity index (χ1v) is 7.91. The number of nitrogens with zero attached hydrogens (tertiary/aromatic N) is 2. The Hall–Kier alpha value is -1.02. The fourth-order valence-electron chi connectivity index (χ4n) is 2.15. The van der Waals surface area contributed by atoms with Crippen LogP contribution in [0.25, 0.3) is 0 Å². The fraction of sp³-hybridized carbons (Fsp3) is 0.600. The highest BCUT2D eigenvalue weighted by molar-refractivity contribution is 7.86. The lowest BCUT2D eigenvalue weighted by Gasteiger charge is -2.22. The predicted octanol–water partition coefficient (Wildman–Crippen LogP) is 1.35. The van der Waals surface area contributed by atoms with Gasteiger partial charge in [-0.1, -0.05) is 0 Å². The van der Waals surface area contributed by atoms with Gasteiger partial charge in [-0.25, -0.2) is 4.98 Å². The van der Waals surface area contributed by atoms with Gasteiger partial charge in [0.1, 0.15) is 5.01 Å². The van der Waals surface area contributed by atoms with Crippen LogP contribution in [0, 0.1) is 5.92 Å². The van der Waals surface area contributed by atoms with E-state index in [9.17, 15) is 17.1 Å². The Labute approximate surface area is 109 Å². The average molecular weight is 292 g/mol. The Kier molecular flexibility index (Phi) is 3.67. The van der Waals surface area contributed by atoms with Crippen LogP contribution < -0.4 is 0 Å². The third kappa shape index (κ3) is 3.05. The monoisotopic (exact) mass is 292 g/mol. The van der Waals surface area contributed by atoms with Crippen molar-refractivity contribution in [3.8, 4) is 0 Å². The van der Waals surface area contributed by atoms with Crippen molar-refractivity contribution in [3.63, 3.8) is 0 Å². The number of likely N-dealkylation sites (tertiary alicyclic amines) is 1. The van der Waals surface area contributed by atoms with Gasteiger partial charge in [-0.15, -0.1) is 15.2 Å². The minimum Gasteiger partial charge on any atom is -0.333 e. The summed E-state index contributed by atoms with van der Waals surface area (Å²) in [4.78, 5) is 17.5. The van der Waals surface area contributed by atoms with Gasteiger partial charge in [0, 0.05) is 30.5 Å². The zero-order valence-corrected chi connectivity index (χ0v) is 11.4. The highest BCUT2D eigenvalue weighted by Gasteiger charge is 2.36. The van der Waals surface area contributed by atoms with Crippen molar-refractivity contribution in [1.82, 2.24) is 9.88 Å². The van der Waals surface area contributed by atoms with E-state index in [1.807, 2.05) is 12.3 Å². The molecule has 1 fully saturated rings. The molecule has 0 saturated carbocycles. The van der Waals surface area contributed by atoms with Gasteiger partial charge in [0.15, 0.2) is 0 Å². The normalized spacial score (nSPS) is 22.4. The van der Waals surface area contributed by atoms with Gasteiger partial charge in [-0.05, 0) is 6.92 Å². The van der Waals surface area contributed by atoms with Gasteiger partial charge < -0.3 is 4.90 Å². The number of carbonyl (C=O) groups excluding carboxylic acids is 1. The molecule has 8 heteroatoms. The second-order valence-electron chi connectivity index (χ2n) is 4.37. The second kappa shape index (κ2) is 4.93. The van der Waals surface area contributed by atoms with E-state index in [2.05, 4.69) is 4.98 Å². The summed E-state index contributed by atoms with van der Waals surface area (Å²) >= 11 is 1.44. The molecule has 1 amide bonds. The standard InChI is InChI=1S/C10H13FN2O3S2/c1-7(10-12-2-3-17-10)13-5-8(4-9(13)14)6-18(11,15)16/h2-3,7-8H,4-6H2,1H3. The first-order valence-electron chi connectivity index (χ1n) is 5.48. The number of carbonyl (C=O) groups is 1. The zero-order valence-electron chi connectivity index (χ0n) is 9.74. The lowest BCUT2D eigenvalue weighted by atomic mass is 10.1. The first kappa shape index (κ1) is 13.4. The van der Waals surface area contributed by atoms with Crippen molar-refractivity contribution < 1.29 is 17.1 Å². The molecule has 2 rings (SSSR count). The van der Waals surface area contributed by atoms with Crippen molar-refractivity contribution >= 4 is 27.5 Å². The molecule has 0 radical (unpaired) electrons. The summed E-state index contributed by atoms with van der Waals surface area (Å²) in [5, 5.41) is 2.61. The maximum absolute atomic E-state index is 12.6. The molecule has 0 spiro atoms. The predicted molar refractivity (Wildman–Crippen MR) is 65.2 cm³/mol. The van der Waals surface area contributed by atoms with E-state index in [4.69, 9.17) is 0 Å². The molecule has 0 aliphatic carbocycles. The van der Waals surface area contributed by atoms with E-state index < -0.39 is 21.9 Å². The van der Waals surface area contributed by atoms with Gasteiger partial charge in [-0.3, -0.25) is 4.79 Å². The quantitative estimate of drug-likeness (QED) is 0.786. The molecule has 1 aromatic heterocycles. The molecule has 2 heterocycles. The minimum atomic E-state index is -4.53. The van der Waals surface area contributed by atoms with E-state index in [0.29, 0.717) is 0 Å². The highest BCUT2D eigenvalue weighted by Crippen LogP contribution is 2.30. The number of halogens is 1. The van der Waals surface area contributed by atoms with Crippen LogP contribution in [0.5, 0.6) is 0 Å². The summed E-state index contributed by atoms with van der Waals surface area (Å²) in [5.41, 5.74) is 0. The van der Waals surface area contributed by atoms with Crippen LogP contribution in [0.15, 0.2) is 11.6 Å². The van der Waals surface area contributed by atoms with E-state index in [1.165, 1.54) is 11.3 Å². The third-order valence-electron chi connectivity index (χ3n) is 2.95. The smallest absolute Gasteiger partial charge is 0.302 e. The SMILES string of the molecule is CC(c1nccs1)N1CC(CS(=O)(=O)F)CC1=O. The van der Waals surface area contributed by atoms with E-state index in [0.717, 1.165) is 5.01 Å². The van der Waals surface area contributed by atoms with Crippen molar-refractivity contribution in [1.29, 1.82) is 0 Å². The number of hydrogen-bond donors (Lipinski definition) is 0. The Morgan fingerprint density at radius 2 is 2.39 bits per heavy atom. The molecule has 1 aliphatic rings. The van der Waals surface area contributed by atoms with Crippen molar-refractivity contribution in [2.75, 3.05) is 12.3 Å². The lowest BCUT2D eigenvalue weighted by molar-refractivity contribution is -0.129. The van der Waals surface area contributed by atoms with Crippen LogP contribution in [0.2, 0.25) is 0 Å². The molecule has 1 saturated heterocycles. The fourth-order valence-corrected chi connectivity index (χ4v) is 3.64. The molecule has 0 N–H and O–H groups in total. The lowest BCUT2D eigenvalue weighted by Crippen LogP contribution is -2.29. The summed E-state index contributed by atoms with van der Waals surface area (Å²) in [6.45, 7) is 2.10. The molecule has 100 valence electrons. The molecule has 18 heavy (non-hydrogen) atoms. The van der Waals surface area contributed by atoms with Gasteiger partial charge in [0.2, 0.25) is 5.91 Å². The Morgan fingerprint density at radius 3 is 2.94 bits per heavy atom. The van der Waals surface area contributed by atoms with E-state index in [1.54, 1.807) is 11.1 Å². The molecule has 5 nitrogen and oxygen atoms in total. The molecular weight excluding hydrogens is 279 g/mol. The Bertz CT molecular complexity index is 529. The van der Waals surface area contributed by atoms with E-state index in [-0.39, 0.29) is 24.9 Å². The molecule has 1 aliphatic heterocycles. The van der Waals surface area contributed by atoms with Crippen LogP contribution in [-0.4, -0.2) is 36.5 Å². The van der Waals surface area contributed by atoms with Crippen molar-refractivity contribution in [3.05, 3.63) is 16.6 Å². The summed E-state index contributed by atoms with van der Waals surface area (Å²) in [6.07, 6.45) is 1.74. The van der Waals surface area contributed by atoms with Crippen molar-refractivity contribution in [2.24, 2.45) is 5.92 Å². The number of hydrogen-bond acceptors (Lipinski definition) is 5. The van der Waals surface area contributed by atoms with Crippen LogP contribution in [0.4, 0.5) is 3.89 Å². The van der Waals surface area contributed by atoms with E-state index >= 15 is 0 Å². The Morgan fingerprint density at radius 1 is 1.67 bits per heavy atom. The molecule has 0 aromatic carbocycles. The zero-order chi connectivity index (χ0) is 13.3. The van der Waals surface area contributed by atoms with Crippen LogP contribution >= 0.6 is 11.3 Å². The second-order valence-corrected chi connectivity index (χ2v) is 6.71. The van der Waals surface area contributed by atoms with Gasteiger partial charge in [0.05, 0.1) is 11.8 Å². The summed E-state index contributed by atoms with van der Waals surface area (Å²) in [6, 6.07) is -0.190. The topological polar surface area (TPSA) is 67.3 Å². The van der Waals surface area contributed by atoms with Gasteiger partial charge in [0.25, 0.3) is 0 Å². The summed E-state index contributed by atoms with van der Waals surface area (Å²) in [7, 11) is -4.53. The van der Waals surface area contributed by atoms with Gasteiger partial charge >= 0.3 is 10.2 Å². The summed E-state index contributed by atoms with van der Waals surface area (Å²) < 4.78 is 33.8. The molecule has 2 atom stereocenters. The maximum atomic E-state index is 12.6. The molecule has 1 aromatic rings. The van der Waals surface area contributed by atoms with Crippen LogP contribution in [0.1, 0.15) is 24.4 Å². The number of rotatable bonds is 4. The average Bonchev–Trinajstić information content (AvgIpc) is 2.84. The third-order valence-corrected chi connectivity index (χ3v) is 4.77. The highest BCUT2D eigenvalue weighted by atomic mass is 32.3. The number of thiazole rings is 1. The Balaban J connectivity index is 2.06. The van der Waals surface area contributed by atoms with Crippen LogP contribution in [0.3, 0.4) is 0 Å². The van der Waals surface area contributed by atoms with Crippen molar-refractivity contribution in [2.45, 2.75) is 19.4 Å². The number of aromatic nitrogens is 1. The number of amides is 1. The first-order chi connectivity index (χ1) is 8.37.